The molecule has 0 spiro atoms. The molecule has 1 amide bonds. The number of likely N-dealkylation sites (N-methyl/N-ethyl adjacent to an activating group) is 1. The largest absolute Gasteiger partial charge is 0.494 e. The van der Waals surface area contributed by atoms with E-state index in [0.717, 1.165) is 25.1 Å². The Labute approximate surface area is 126 Å². The van der Waals surface area contributed by atoms with Gasteiger partial charge in [-0.3, -0.25) is 10.1 Å². The van der Waals surface area contributed by atoms with Crippen LogP contribution in [0.4, 0.5) is 0 Å². The van der Waals surface area contributed by atoms with E-state index in [2.05, 4.69) is 24.4 Å². The normalized spacial score (nSPS) is 17.0. The molecule has 0 aliphatic carbocycles. The zero-order chi connectivity index (χ0) is 15.1. The lowest BCUT2D eigenvalue weighted by atomic mass is 10.2. The van der Waals surface area contributed by atoms with Gasteiger partial charge in [0.15, 0.2) is 0 Å². The highest BCUT2D eigenvalue weighted by atomic mass is 16.5. The van der Waals surface area contributed by atoms with Crippen LogP contribution in [0, 0.1) is 0 Å². The fourth-order valence-corrected chi connectivity index (χ4v) is 2.33. The summed E-state index contributed by atoms with van der Waals surface area (Å²) in [6.45, 7) is 4.24. The molecule has 0 fully saturated rings. The van der Waals surface area contributed by atoms with Crippen molar-refractivity contribution >= 4 is 5.91 Å². The summed E-state index contributed by atoms with van der Waals surface area (Å²) in [7, 11) is 1.84. The molecule has 1 aliphatic rings. The Morgan fingerprint density at radius 2 is 2.33 bits per heavy atom. The highest BCUT2D eigenvalue weighted by molar-refractivity contribution is 5.84. The predicted octanol–water partition coefficient (Wildman–Crippen LogP) is 2.00. The fraction of sp³-hybridized carbons (Fsp3) is 0.471. The summed E-state index contributed by atoms with van der Waals surface area (Å²) in [5.74, 6) is 1.03. The Bertz CT molecular complexity index is 499. The summed E-state index contributed by atoms with van der Waals surface area (Å²) in [6.07, 6.45) is 5.75. The molecule has 1 aliphatic heterocycles. The number of carbonyl (C=O) groups excluding carboxylic acids is 1. The van der Waals surface area contributed by atoms with Gasteiger partial charge in [-0.1, -0.05) is 31.2 Å². The van der Waals surface area contributed by atoms with Gasteiger partial charge >= 0.3 is 0 Å². The van der Waals surface area contributed by atoms with Gasteiger partial charge in [-0.25, -0.2) is 0 Å². The molecular formula is C17H24N2O2. The molecule has 0 radical (unpaired) electrons. The van der Waals surface area contributed by atoms with Crippen molar-refractivity contribution in [2.24, 2.45) is 0 Å². The number of benzene rings is 1. The molecule has 4 heteroatoms. The molecule has 4 nitrogen and oxygen atoms in total. The average molecular weight is 288 g/mol. The first-order valence-electron chi connectivity index (χ1n) is 7.57. The maximum atomic E-state index is 12.1. The van der Waals surface area contributed by atoms with E-state index in [1.54, 1.807) is 4.90 Å². The Hall–Kier alpha value is -1.81. The van der Waals surface area contributed by atoms with E-state index in [4.69, 9.17) is 4.74 Å². The minimum absolute atomic E-state index is 0.122. The zero-order valence-corrected chi connectivity index (χ0v) is 12.8. The number of nitrogens with zero attached hydrogens (tertiary/aromatic N) is 1. The fourth-order valence-electron chi connectivity index (χ4n) is 2.33. The maximum absolute atomic E-state index is 12.1. The van der Waals surface area contributed by atoms with Crippen molar-refractivity contribution in [1.82, 2.24) is 10.2 Å². The van der Waals surface area contributed by atoms with Crippen LogP contribution >= 0.6 is 0 Å². The molecule has 1 heterocycles. The zero-order valence-electron chi connectivity index (χ0n) is 12.8. The van der Waals surface area contributed by atoms with Crippen LogP contribution in [-0.2, 0) is 11.2 Å². The molecule has 0 aromatic heterocycles. The summed E-state index contributed by atoms with van der Waals surface area (Å²) in [6, 6.07) is 8.00. The van der Waals surface area contributed by atoms with Crippen molar-refractivity contribution in [2.45, 2.75) is 25.8 Å². The minimum atomic E-state index is -0.155. The van der Waals surface area contributed by atoms with Crippen LogP contribution in [0.5, 0.6) is 5.75 Å². The SMILES string of the molecule is CCc1cccc(OCCCN(C)C(=O)[C@H]2C=CCN2)c1. The second kappa shape index (κ2) is 7.84. The number of ether oxygens (including phenoxy) is 1. The molecule has 21 heavy (non-hydrogen) atoms. The first kappa shape index (κ1) is 15.6. The Morgan fingerprint density at radius 3 is 3.05 bits per heavy atom. The molecule has 2 rings (SSSR count). The molecule has 0 bridgehead atoms. The van der Waals surface area contributed by atoms with Crippen LogP contribution in [-0.4, -0.2) is 43.6 Å². The highest BCUT2D eigenvalue weighted by Crippen LogP contribution is 2.13. The lowest BCUT2D eigenvalue weighted by molar-refractivity contribution is -0.130. The molecule has 0 saturated heterocycles. The first-order chi connectivity index (χ1) is 10.2. The minimum Gasteiger partial charge on any atom is -0.494 e. The average Bonchev–Trinajstić information content (AvgIpc) is 3.05. The standard InChI is InChI=1S/C17H24N2O2/c1-3-14-7-4-8-15(13-14)21-12-6-11-19(2)17(20)16-9-5-10-18-16/h4-5,7-9,13,16,18H,3,6,10-12H2,1-2H3/t16-/m1/s1. The molecule has 1 atom stereocenters. The number of rotatable bonds is 7. The quantitative estimate of drug-likeness (QED) is 0.616. The molecule has 1 aromatic carbocycles. The van der Waals surface area contributed by atoms with E-state index in [0.29, 0.717) is 13.2 Å². The number of hydrogen-bond acceptors (Lipinski definition) is 3. The molecule has 0 saturated carbocycles. The van der Waals surface area contributed by atoms with Gasteiger partial charge in [0.1, 0.15) is 11.8 Å². The van der Waals surface area contributed by atoms with Gasteiger partial charge in [-0.05, 0) is 30.5 Å². The highest BCUT2D eigenvalue weighted by Gasteiger charge is 2.20. The van der Waals surface area contributed by atoms with Gasteiger partial charge < -0.3 is 9.64 Å². The van der Waals surface area contributed by atoms with Crippen LogP contribution < -0.4 is 10.1 Å². The molecule has 114 valence electrons. The first-order valence-corrected chi connectivity index (χ1v) is 7.57. The van der Waals surface area contributed by atoms with Crippen LogP contribution in [0.3, 0.4) is 0 Å². The number of nitrogens with one attached hydrogen (secondary N) is 1. The Balaban J connectivity index is 1.69. The summed E-state index contributed by atoms with van der Waals surface area (Å²) >= 11 is 0. The van der Waals surface area contributed by atoms with Crippen molar-refractivity contribution < 1.29 is 9.53 Å². The maximum Gasteiger partial charge on any atom is 0.243 e. The van der Waals surface area contributed by atoms with Crippen LogP contribution in [0.15, 0.2) is 36.4 Å². The second-order valence-electron chi connectivity index (χ2n) is 5.28. The van der Waals surface area contributed by atoms with Crippen molar-refractivity contribution in [3.63, 3.8) is 0 Å². The second-order valence-corrected chi connectivity index (χ2v) is 5.28. The van der Waals surface area contributed by atoms with E-state index in [-0.39, 0.29) is 11.9 Å². The Morgan fingerprint density at radius 1 is 1.48 bits per heavy atom. The monoisotopic (exact) mass is 288 g/mol. The third-order valence-corrected chi connectivity index (χ3v) is 3.64. The third kappa shape index (κ3) is 4.60. The summed E-state index contributed by atoms with van der Waals surface area (Å²) in [4.78, 5) is 13.8. The van der Waals surface area contributed by atoms with Gasteiger partial charge in [-0.2, -0.15) is 0 Å². The molecule has 1 aromatic rings. The van der Waals surface area contributed by atoms with Crippen LogP contribution in [0.2, 0.25) is 0 Å². The lowest BCUT2D eigenvalue weighted by Gasteiger charge is -2.20. The molecule has 1 N–H and O–H groups in total. The number of hydrogen-bond donors (Lipinski definition) is 1. The topological polar surface area (TPSA) is 41.6 Å². The molecule has 0 unspecified atom stereocenters. The van der Waals surface area contributed by atoms with Gasteiger partial charge in [0.05, 0.1) is 6.61 Å². The van der Waals surface area contributed by atoms with E-state index in [1.165, 1.54) is 5.56 Å². The summed E-state index contributed by atoms with van der Waals surface area (Å²) in [5, 5.41) is 3.13. The summed E-state index contributed by atoms with van der Waals surface area (Å²) in [5.41, 5.74) is 1.28. The van der Waals surface area contributed by atoms with Crippen LogP contribution in [0.25, 0.3) is 0 Å². The Kier molecular flexibility index (Phi) is 5.81. The van der Waals surface area contributed by atoms with Crippen LogP contribution in [0.1, 0.15) is 18.9 Å². The smallest absolute Gasteiger partial charge is 0.243 e. The van der Waals surface area contributed by atoms with E-state index >= 15 is 0 Å². The van der Waals surface area contributed by atoms with Gasteiger partial charge in [0.25, 0.3) is 0 Å². The van der Waals surface area contributed by atoms with Crippen molar-refractivity contribution in [3.05, 3.63) is 42.0 Å². The van der Waals surface area contributed by atoms with E-state index in [1.807, 2.05) is 31.3 Å². The predicted molar refractivity (Wildman–Crippen MR) is 84.5 cm³/mol. The van der Waals surface area contributed by atoms with Gasteiger partial charge in [0.2, 0.25) is 5.91 Å². The van der Waals surface area contributed by atoms with Crippen molar-refractivity contribution in [3.8, 4) is 5.75 Å². The number of carbonyl (C=O) groups is 1. The van der Waals surface area contributed by atoms with Crippen molar-refractivity contribution in [1.29, 1.82) is 0 Å². The van der Waals surface area contributed by atoms with E-state index < -0.39 is 0 Å². The van der Waals surface area contributed by atoms with Gasteiger partial charge in [0, 0.05) is 20.1 Å². The molecular weight excluding hydrogens is 264 g/mol. The summed E-state index contributed by atoms with van der Waals surface area (Å²) < 4.78 is 5.74. The van der Waals surface area contributed by atoms with Gasteiger partial charge in [-0.15, -0.1) is 0 Å². The number of amides is 1. The number of aryl methyl sites for hydroxylation is 1. The van der Waals surface area contributed by atoms with Crippen molar-refractivity contribution in [2.75, 3.05) is 26.7 Å². The third-order valence-electron chi connectivity index (χ3n) is 3.64. The van der Waals surface area contributed by atoms with E-state index in [9.17, 15) is 4.79 Å². The lowest BCUT2D eigenvalue weighted by Crippen LogP contribution is -2.42.